The lowest BCUT2D eigenvalue weighted by Crippen LogP contribution is -2.31. The van der Waals surface area contributed by atoms with Crippen molar-refractivity contribution < 1.29 is 14.3 Å². The van der Waals surface area contributed by atoms with E-state index in [1.165, 1.54) is 0 Å². The Morgan fingerprint density at radius 1 is 1.18 bits per heavy atom. The van der Waals surface area contributed by atoms with E-state index in [2.05, 4.69) is 4.98 Å². The molecule has 2 aromatic heterocycles. The van der Waals surface area contributed by atoms with Gasteiger partial charge in [-0.15, -0.1) is 0 Å². The van der Waals surface area contributed by atoms with E-state index in [9.17, 15) is 9.59 Å². The summed E-state index contributed by atoms with van der Waals surface area (Å²) < 4.78 is 13.8. The zero-order chi connectivity index (χ0) is 19.8. The molecule has 1 aliphatic rings. The molecule has 1 atom stereocenters. The van der Waals surface area contributed by atoms with Crippen molar-refractivity contribution in [3.63, 3.8) is 0 Å². The Bertz CT molecular complexity index is 1080. The Kier molecular flexibility index (Phi) is 4.54. The smallest absolute Gasteiger partial charge is 0.330 e. The van der Waals surface area contributed by atoms with Crippen LogP contribution in [0.4, 0.5) is 0 Å². The maximum atomic E-state index is 13.0. The SMILES string of the molecule is COc1cc(OC)cc(C(=O)N2CC[C@@H](n3c(=O)n(C)c4cccnc43)C2)c1. The van der Waals surface area contributed by atoms with Crippen molar-refractivity contribution in [2.75, 3.05) is 27.3 Å². The predicted molar refractivity (Wildman–Crippen MR) is 104 cm³/mol. The lowest BCUT2D eigenvalue weighted by molar-refractivity contribution is 0.0787. The minimum absolute atomic E-state index is 0.109. The second-order valence-corrected chi connectivity index (χ2v) is 6.85. The summed E-state index contributed by atoms with van der Waals surface area (Å²) in [6, 6.07) is 8.70. The first-order chi connectivity index (χ1) is 13.5. The second kappa shape index (κ2) is 7.03. The average Bonchev–Trinajstić information content (AvgIpc) is 3.30. The normalized spacial score (nSPS) is 16.5. The first-order valence-corrected chi connectivity index (χ1v) is 9.07. The molecule has 28 heavy (non-hydrogen) atoms. The summed E-state index contributed by atoms with van der Waals surface area (Å²) in [6.45, 7) is 1.02. The molecule has 146 valence electrons. The van der Waals surface area contributed by atoms with E-state index in [4.69, 9.17) is 9.47 Å². The standard InChI is InChI=1S/C20H22N4O4/c1-22-17-5-4-7-21-18(17)24(20(22)26)14-6-8-23(12-14)19(25)13-9-15(27-2)11-16(10-13)28-3/h4-5,7,9-11,14H,6,8,12H2,1-3H3/t14-/m1/s1. The molecule has 1 amide bonds. The maximum Gasteiger partial charge on any atom is 0.330 e. The van der Waals surface area contributed by atoms with Crippen LogP contribution in [0.1, 0.15) is 22.8 Å². The highest BCUT2D eigenvalue weighted by atomic mass is 16.5. The highest BCUT2D eigenvalue weighted by molar-refractivity contribution is 5.95. The number of pyridine rings is 1. The van der Waals surface area contributed by atoms with Gasteiger partial charge >= 0.3 is 5.69 Å². The van der Waals surface area contributed by atoms with Crippen LogP contribution in [0.5, 0.6) is 11.5 Å². The summed E-state index contributed by atoms with van der Waals surface area (Å²) in [5, 5.41) is 0. The van der Waals surface area contributed by atoms with Crippen LogP contribution in [0.15, 0.2) is 41.3 Å². The number of hydrogen-bond acceptors (Lipinski definition) is 5. The number of carbonyl (C=O) groups excluding carboxylic acids is 1. The zero-order valence-corrected chi connectivity index (χ0v) is 16.1. The molecule has 1 aliphatic heterocycles. The number of nitrogens with zero attached hydrogens (tertiary/aromatic N) is 4. The van der Waals surface area contributed by atoms with Crippen molar-refractivity contribution in [2.45, 2.75) is 12.5 Å². The second-order valence-electron chi connectivity index (χ2n) is 6.85. The highest BCUT2D eigenvalue weighted by Gasteiger charge is 2.31. The molecule has 0 N–H and O–H groups in total. The third-order valence-corrected chi connectivity index (χ3v) is 5.26. The van der Waals surface area contributed by atoms with Crippen molar-refractivity contribution in [2.24, 2.45) is 7.05 Å². The number of ether oxygens (including phenoxy) is 2. The van der Waals surface area contributed by atoms with E-state index in [1.807, 2.05) is 12.1 Å². The van der Waals surface area contributed by atoms with Crippen molar-refractivity contribution in [3.05, 3.63) is 52.6 Å². The van der Waals surface area contributed by atoms with Crippen LogP contribution in [-0.4, -0.2) is 52.2 Å². The summed E-state index contributed by atoms with van der Waals surface area (Å²) in [5.74, 6) is 1.02. The Hall–Kier alpha value is -3.29. The molecule has 0 unspecified atom stereocenters. The van der Waals surface area contributed by atoms with Gasteiger partial charge in [0.1, 0.15) is 11.5 Å². The third-order valence-electron chi connectivity index (χ3n) is 5.26. The molecule has 0 saturated carbocycles. The van der Waals surface area contributed by atoms with Gasteiger partial charge in [0.25, 0.3) is 5.91 Å². The quantitative estimate of drug-likeness (QED) is 0.688. The Labute approximate surface area is 161 Å². The number of hydrogen-bond donors (Lipinski definition) is 0. The van der Waals surface area contributed by atoms with Crippen molar-refractivity contribution >= 4 is 17.1 Å². The van der Waals surface area contributed by atoms with Gasteiger partial charge < -0.3 is 14.4 Å². The molecule has 1 fully saturated rings. The molecule has 1 aromatic carbocycles. The van der Waals surface area contributed by atoms with Gasteiger partial charge in [0, 0.05) is 38.0 Å². The minimum atomic E-state index is -0.115. The van der Waals surface area contributed by atoms with E-state index < -0.39 is 0 Å². The van der Waals surface area contributed by atoms with Crippen LogP contribution >= 0.6 is 0 Å². The van der Waals surface area contributed by atoms with Crippen LogP contribution in [-0.2, 0) is 7.05 Å². The summed E-state index contributed by atoms with van der Waals surface area (Å²) >= 11 is 0. The molecule has 8 nitrogen and oxygen atoms in total. The molecular weight excluding hydrogens is 360 g/mol. The molecular formula is C20H22N4O4. The van der Waals surface area contributed by atoms with Gasteiger partial charge in [0.15, 0.2) is 5.65 Å². The largest absolute Gasteiger partial charge is 0.497 e. The van der Waals surface area contributed by atoms with Crippen molar-refractivity contribution in [1.29, 1.82) is 0 Å². The van der Waals surface area contributed by atoms with E-state index in [1.54, 1.807) is 59.7 Å². The number of aryl methyl sites for hydroxylation is 1. The summed E-state index contributed by atoms with van der Waals surface area (Å²) in [5.41, 5.74) is 1.82. The van der Waals surface area contributed by atoms with E-state index in [-0.39, 0.29) is 17.6 Å². The zero-order valence-electron chi connectivity index (χ0n) is 16.1. The third kappa shape index (κ3) is 2.90. The van der Waals surface area contributed by atoms with Crippen LogP contribution < -0.4 is 15.2 Å². The van der Waals surface area contributed by atoms with Crippen LogP contribution in [0, 0.1) is 0 Å². The summed E-state index contributed by atoms with van der Waals surface area (Å²) in [7, 11) is 4.84. The molecule has 3 heterocycles. The minimum Gasteiger partial charge on any atom is -0.497 e. The number of amides is 1. The molecule has 8 heteroatoms. The van der Waals surface area contributed by atoms with Gasteiger partial charge in [-0.2, -0.15) is 0 Å². The van der Waals surface area contributed by atoms with E-state index in [0.29, 0.717) is 42.2 Å². The fraction of sp³-hybridized carbons (Fsp3) is 0.350. The molecule has 0 aliphatic carbocycles. The lowest BCUT2D eigenvalue weighted by Gasteiger charge is -2.18. The van der Waals surface area contributed by atoms with Crippen molar-refractivity contribution in [3.8, 4) is 11.5 Å². The monoisotopic (exact) mass is 382 g/mol. The first-order valence-electron chi connectivity index (χ1n) is 9.07. The van der Waals surface area contributed by atoms with Crippen molar-refractivity contribution in [1.82, 2.24) is 19.0 Å². The predicted octanol–water partition coefficient (Wildman–Crippen LogP) is 1.84. The number of likely N-dealkylation sites (tertiary alicyclic amines) is 1. The van der Waals surface area contributed by atoms with Gasteiger partial charge in [0.05, 0.1) is 25.8 Å². The first kappa shape index (κ1) is 18.1. The molecule has 0 radical (unpaired) electrons. The number of rotatable bonds is 4. The molecule has 3 aromatic rings. The lowest BCUT2D eigenvalue weighted by atomic mass is 10.1. The van der Waals surface area contributed by atoms with E-state index in [0.717, 1.165) is 5.52 Å². The van der Waals surface area contributed by atoms with Gasteiger partial charge in [0.2, 0.25) is 0 Å². The number of aromatic nitrogens is 3. The Balaban J connectivity index is 1.63. The van der Waals surface area contributed by atoms with Gasteiger partial charge in [-0.05, 0) is 30.7 Å². The molecule has 0 bridgehead atoms. The number of fused-ring (bicyclic) bond motifs is 1. The topological polar surface area (TPSA) is 78.6 Å². The maximum absolute atomic E-state index is 13.0. The van der Waals surface area contributed by atoms with Crippen LogP contribution in [0.3, 0.4) is 0 Å². The molecule has 1 saturated heterocycles. The van der Waals surface area contributed by atoms with E-state index >= 15 is 0 Å². The Morgan fingerprint density at radius 2 is 1.89 bits per heavy atom. The molecule has 4 rings (SSSR count). The summed E-state index contributed by atoms with van der Waals surface area (Å²) in [6.07, 6.45) is 2.38. The van der Waals surface area contributed by atoms with Crippen LogP contribution in [0.2, 0.25) is 0 Å². The highest BCUT2D eigenvalue weighted by Crippen LogP contribution is 2.28. The van der Waals surface area contributed by atoms with Crippen LogP contribution in [0.25, 0.3) is 11.2 Å². The van der Waals surface area contributed by atoms with Gasteiger partial charge in [-0.3, -0.25) is 13.9 Å². The van der Waals surface area contributed by atoms with Gasteiger partial charge in [-0.1, -0.05) is 0 Å². The molecule has 0 spiro atoms. The number of benzene rings is 1. The average molecular weight is 382 g/mol. The fourth-order valence-corrected chi connectivity index (χ4v) is 3.77. The Morgan fingerprint density at radius 3 is 2.57 bits per heavy atom. The van der Waals surface area contributed by atoms with Gasteiger partial charge in [-0.25, -0.2) is 9.78 Å². The number of imidazole rings is 1. The number of carbonyl (C=O) groups is 1. The number of methoxy groups -OCH3 is 2. The fourth-order valence-electron chi connectivity index (χ4n) is 3.77. The summed E-state index contributed by atoms with van der Waals surface area (Å²) in [4.78, 5) is 31.9.